The van der Waals surface area contributed by atoms with Crippen LogP contribution >= 0.6 is 0 Å². The molecule has 0 aromatic carbocycles. The molecule has 2 aromatic heterocycles. The van der Waals surface area contributed by atoms with E-state index in [1.54, 1.807) is 12.3 Å². The van der Waals surface area contributed by atoms with E-state index in [2.05, 4.69) is 10.1 Å². The van der Waals surface area contributed by atoms with E-state index in [1.165, 1.54) is 10.7 Å². The molecule has 0 aliphatic rings. The molecule has 0 saturated heterocycles. The third-order valence-electron chi connectivity index (χ3n) is 1.95. The van der Waals surface area contributed by atoms with Gasteiger partial charge in [-0.15, -0.1) is 0 Å². The molecule has 6 nitrogen and oxygen atoms in total. The Labute approximate surface area is 79.5 Å². The van der Waals surface area contributed by atoms with Gasteiger partial charge in [-0.2, -0.15) is 5.10 Å². The van der Waals surface area contributed by atoms with E-state index < -0.39 is 5.91 Å². The van der Waals surface area contributed by atoms with E-state index in [4.69, 9.17) is 11.5 Å². The Morgan fingerprint density at radius 1 is 1.57 bits per heavy atom. The van der Waals surface area contributed by atoms with E-state index in [1.807, 2.05) is 0 Å². The number of carbonyl (C=O) groups excluding carboxylic acids is 1. The van der Waals surface area contributed by atoms with Crippen molar-refractivity contribution >= 4 is 11.6 Å². The molecule has 1 amide bonds. The van der Waals surface area contributed by atoms with Crippen LogP contribution < -0.4 is 11.5 Å². The van der Waals surface area contributed by atoms with Crippen molar-refractivity contribution in [3.8, 4) is 0 Å². The Hall–Kier alpha value is -1.95. The lowest BCUT2D eigenvalue weighted by molar-refractivity contribution is 0.100. The van der Waals surface area contributed by atoms with E-state index >= 15 is 0 Å². The quantitative estimate of drug-likeness (QED) is 0.654. The standard InChI is InChI=1S/C8H9N5O/c9-3-5-1-2-11-8-6(7(10)14)4-12-13(5)8/h1-2,4H,3,9H2,(H2,10,14). The van der Waals surface area contributed by atoms with Gasteiger partial charge in [-0.25, -0.2) is 9.50 Å². The Balaban J connectivity index is 2.75. The highest BCUT2D eigenvalue weighted by Crippen LogP contribution is 2.08. The normalized spacial score (nSPS) is 10.6. The van der Waals surface area contributed by atoms with Crippen LogP contribution in [0.25, 0.3) is 5.65 Å². The number of carbonyl (C=O) groups is 1. The van der Waals surface area contributed by atoms with Crippen LogP contribution in [-0.4, -0.2) is 20.5 Å². The number of primary amides is 1. The number of rotatable bonds is 2. The van der Waals surface area contributed by atoms with Crippen LogP contribution in [0.2, 0.25) is 0 Å². The number of nitrogens with zero attached hydrogens (tertiary/aromatic N) is 3. The number of hydrogen-bond acceptors (Lipinski definition) is 4. The summed E-state index contributed by atoms with van der Waals surface area (Å²) in [6, 6.07) is 1.74. The van der Waals surface area contributed by atoms with Gasteiger partial charge in [-0.1, -0.05) is 0 Å². The van der Waals surface area contributed by atoms with Gasteiger partial charge in [0.05, 0.1) is 11.9 Å². The SMILES string of the molecule is NCc1ccnc2c(C(N)=O)cnn12. The fourth-order valence-corrected chi connectivity index (χ4v) is 1.27. The molecule has 2 heterocycles. The van der Waals surface area contributed by atoms with E-state index in [9.17, 15) is 4.79 Å². The predicted molar refractivity (Wildman–Crippen MR) is 49.4 cm³/mol. The third-order valence-corrected chi connectivity index (χ3v) is 1.95. The molecule has 0 aliphatic heterocycles. The summed E-state index contributed by atoms with van der Waals surface area (Å²) in [6.07, 6.45) is 2.97. The zero-order valence-corrected chi connectivity index (χ0v) is 7.34. The molecule has 6 heteroatoms. The van der Waals surface area contributed by atoms with Gasteiger partial charge >= 0.3 is 0 Å². The van der Waals surface area contributed by atoms with Crippen LogP contribution in [0, 0.1) is 0 Å². The van der Waals surface area contributed by atoms with Crippen molar-refractivity contribution in [1.29, 1.82) is 0 Å². The van der Waals surface area contributed by atoms with E-state index in [-0.39, 0.29) is 0 Å². The molecule has 2 aromatic rings. The minimum absolute atomic E-state index is 0.306. The second-order valence-corrected chi connectivity index (χ2v) is 2.80. The second kappa shape index (κ2) is 3.08. The lowest BCUT2D eigenvalue weighted by atomic mass is 10.3. The Morgan fingerprint density at radius 2 is 2.36 bits per heavy atom. The summed E-state index contributed by atoms with van der Waals surface area (Å²) >= 11 is 0. The molecule has 0 atom stereocenters. The highest BCUT2D eigenvalue weighted by molar-refractivity contribution is 5.98. The van der Waals surface area contributed by atoms with Gasteiger partial charge in [0.2, 0.25) is 0 Å². The molecule has 2 rings (SSSR count). The number of hydrogen-bond donors (Lipinski definition) is 2. The number of amides is 1. The molecule has 0 spiro atoms. The lowest BCUT2D eigenvalue weighted by Gasteiger charge is -1.99. The predicted octanol–water partition coefficient (Wildman–Crippen LogP) is -0.713. The summed E-state index contributed by atoms with van der Waals surface area (Å²) in [4.78, 5) is 15.0. The van der Waals surface area contributed by atoms with Crippen LogP contribution in [0.4, 0.5) is 0 Å². The Bertz CT molecular complexity index is 489. The topological polar surface area (TPSA) is 99.3 Å². The third kappa shape index (κ3) is 1.12. The van der Waals surface area contributed by atoms with Gasteiger partial charge in [0.15, 0.2) is 5.65 Å². The Kier molecular flexibility index (Phi) is 1.90. The first-order valence-corrected chi connectivity index (χ1v) is 4.05. The molecule has 0 aliphatic carbocycles. The highest BCUT2D eigenvalue weighted by Gasteiger charge is 2.11. The summed E-state index contributed by atoms with van der Waals surface area (Å²) in [6.45, 7) is 0.332. The molecule has 0 radical (unpaired) electrons. The molecular weight excluding hydrogens is 182 g/mol. The van der Waals surface area contributed by atoms with E-state index in [0.717, 1.165) is 5.69 Å². The van der Waals surface area contributed by atoms with Crippen molar-refractivity contribution in [3.63, 3.8) is 0 Å². The van der Waals surface area contributed by atoms with Crippen molar-refractivity contribution in [1.82, 2.24) is 14.6 Å². The first-order valence-electron chi connectivity index (χ1n) is 4.05. The summed E-state index contributed by atoms with van der Waals surface area (Å²) in [5.74, 6) is -0.540. The largest absolute Gasteiger partial charge is 0.365 e. The van der Waals surface area contributed by atoms with Crippen LogP contribution in [0.15, 0.2) is 18.5 Å². The first-order chi connectivity index (χ1) is 6.74. The maximum absolute atomic E-state index is 11.0. The van der Waals surface area contributed by atoms with Crippen LogP contribution in [-0.2, 0) is 6.54 Å². The molecule has 0 unspecified atom stereocenters. The molecule has 14 heavy (non-hydrogen) atoms. The zero-order chi connectivity index (χ0) is 10.1. The minimum Gasteiger partial charge on any atom is -0.365 e. The maximum atomic E-state index is 11.0. The van der Waals surface area contributed by atoms with Gasteiger partial charge in [0.1, 0.15) is 5.56 Å². The number of fused-ring (bicyclic) bond motifs is 1. The fraction of sp³-hybridized carbons (Fsp3) is 0.125. The fourth-order valence-electron chi connectivity index (χ4n) is 1.27. The number of nitrogens with two attached hydrogens (primary N) is 2. The lowest BCUT2D eigenvalue weighted by Crippen LogP contribution is -2.11. The maximum Gasteiger partial charge on any atom is 0.254 e. The molecule has 4 N–H and O–H groups in total. The first kappa shape index (κ1) is 8.64. The molecule has 0 bridgehead atoms. The minimum atomic E-state index is -0.540. The van der Waals surface area contributed by atoms with Crippen molar-refractivity contribution in [2.75, 3.05) is 0 Å². The second-order valence-electron chi connectivity index (χ2n) is 2.80. The Morgan fingerprint density at radius 3 is 3.00 bits per heavy atom. The molecule has 72 valence electrons. The molecular formula is C8H9N5O. The zero-order valence-electron chi connectivity index (χ0n) is 7.34. The summed E-state index contributed by atoms with van der Waals surface area (Å²) in [7, 11) is 0. The van der Waals surface area contributed by atoms with Crippen molar-refractivity contribution < 1.29 is 4.79 Å². The highest BCUT2D eigenvalue weighted by atomic mass is 16.1. The summed E-state index contributed by atoms with van der Waals surface area (Å²) in [5.41, 5.74) is 12.2. The van der Waals surface area contributed by atoms with Gasteiger partial charge in [0, 0.05) is 12.7 Å². The van der Waals surface area contributed by atoms with Crippen molar-refractivity contribution in [3.05, 3.63) is 29.7 Å². The van der Waals surface area contributed by atoms with Gasteiger partial charge in [-0.3, -0.25) is 4.79 Å². The van der Waals surface area contributed by atoms with Crippen LogP contribution in [0.1, 0.15) is 16.1 Å². The van der Waals surface area contributed by atoms with Gasteiger partial charge in [0.25, 0.3) is 5.91 Å². The molecule has 0 fully saturated rings. The van der Waals surface area contributed by atoms with Crippen LogP contribution in [0.3, 0.4) is 0 Å². The summed E-state index contributed by atoms with van der Waals surface area (Å²) < 4.78 is 1.51. The number of aromatic nitrogens is 3. The van der Waals surface area contributed by atoms with Gasteiger partial charge < -0.3 is 11.5 Å². The smallest absolute Gasteiger partial charge is 0.254 e. The molecule has 0 saturated carbocycles. The van der Waals surface area contributed by atoms with E-state index in [0.29, 0.717) is 17.8 Å². The van der Waals surface area contributed by atoms with Crippen molar-refractivity contribution in [2.24, 2.45) is 11.5 Å². The van der Waals surface area contributed by atoms with Crippen LogP contribution in [0.5, 0.6) is 0 Å². The summed E-state index contributed by atoms with van der Waals surface area (Å²) in [5, 5.41) is 3.98. The average molecular weight is 191 g/mol. The monoisotopic (exact) mass is 191 g/mol. The van der Waals surface area contributed by atoms with Crippen molar-refractivity contribution in [2.45, 2.75) is 6.54 Å². The average Bonchev–Trinajstić information content (AvgIpc) is 2.60. The van der Waals surface area contributed by atoms with Gasteiger partial charge in [-0.05, 0) is 6.07 Å².